The number of halogens is 1. The van der Waals surface area contributed by atoms with E-state index < -0.39 is 0 Å². The maximum Gasteiger partial charge on any atom is 0.0630 e. The largest absolute Gasteiger partial charge is 0.396 e. The lowest BCUT2D eigenvalue weighted by molar-refractivity contribution is 0.140. The molecule has 0 spiro atoms. The molecule has 0 radical (unpaired) electrons. The highest BCUT2D eigenvalue weighted by Crippen LogP contribution is 2.00. The fourth-order valence-corrected chi connectivity index (χ4v) is 0.656. The van der Waals surface area contributed by atoms with Crippen molar-refractivity contribution in [2.24, 2.45) is 0 Å². The molecule has 0 rings (SSSR count). The first-order chi connectivity index (χ1) is 4.31. The van der Waals surface area contributed by atoms with E-state index in [4.69, 9.17) is 21.4 Å². The Morgan fingerprint density at radius 1 is 1.67 bits per heavy atom. The highest BCUT2D eigenvalue weighted by molar-refractivity contribution is 6.20. The Bertz CT molecular complexity index is 59.0. The van der Waals surface area contributed by atoms with Gasteiger partial charge in [-0.2, -0.15) is 0 Å². The third kappa shape index (κ3) is 6.09. The lowest BCUT2D eigenvalue weighted by Crippen LogP contribution is -2.10. The summed E-state index contributed by atoms with van der Waals surface area (Å²) in [5, 5.41) is 8.36. The molecule has 56 valence electrons. The number of hydrogen-bond donors (Lipinski definition) is 1. The molecule has 0 aliphatic rings. The summed E-state index contributed by atoms with van der Waals surface area (Å²) in [6.45, 7) is 3.29. The van der Waals surface area contributed by atoms with Crippen molar-refractivity contribution in [2.45, 2.75) is 18.7 Å². The van der Waals surface area contributed by atoms with Gasteiger partial charge in [0.25, 0.3) is 0 Å². The van der Waals surface area contributed by atoms with Crippen LogP contribution in [-0.4, -0.2) is 30.3 Å². The van der Waals surface area contributed by atoms with Crippen molar-refractivity contribution in [3.63, 3.8) is 0 Å². The number of alkyl halides is 1. The summed E-state index contributed by atoms with van der Waals surface area (Å²) >= 11 is 5.67. The maximum atomic E-state index is 8.40. The second-order valence-corrected chi connectivity index (χ2v) is 2.39. The van der Waals surface area contributed by atoms with Gasteiger partial charge in [-0.05, 0) is 13.3 Å². The molecule has 9 heavy (non-hydrogen) atoms. The predicted molar refractivity (Wildman–Crippen MR) is 37.8 cm³/mol. The van der Waals surface area contributed by atoms with Gasteiger partial charge in [-0.15, -0.1) is 11.6 Å². The van der Waals surface area contributed by atoms with Crippen LogP contribution in [0.4, 0.5) is 0 Å². The lowest BCUT2D eigenvalue weighted by Gasteiger charge is -2.05. The Morgan fingerprint density at radius 3 is 2.78 bits per heavy atom. The summed E-state index contributed by atoms with van der Waals surface area (Å²) in [5.74, 6) is 0. The fraction of sp³-hybridized carbons (Fsp3) is 1.00. The van der Waals surface area contributed by atoms with Crippen molar-refractivity contribution in [1.29, 1.82) is 0 Å². The molecule has 0 saturated heterocycles. The molecule has 0 aromatic carbocycles. The number of ether oxygens (including phenoxy) is 1. The third-order valence-corrected chi connectivity index (χ3v) is 1.29. The van der Waals surface area contributed by atoms with Crippen LogP contribution in [-0.2, 0) is 4.74 Å². The van der Waals surface area contributed by atoms with Gasteiger partial charge in [0.15, 0.2) is 0 Å². The average Bonchev–Trinajstić information content (AvgIpc) is 1.85. The number of rotatable bonds is 5. The topological polar surface area (TPSA) is 29.5 Å². The van der Waals surface area contributed by atoms with Crippen LogP contribution in [0, 0.1) is 0 Å². The molecule has 0 aromatic heterocycles. The Labute approximate surface area is 60.8 Å². The van der Waals surface area contributed by atoms with Crippen LogP contribution in [0.2, 0.25) is 0 Å². The Balaban J connectivity index is 2.95. The molecule has 0 bridgehead atoms. The summed E-state index contributed by atoms with van der Waals surface area (Å²) < 4.78 is 5.00. The molecule has 1 unspecified atom stereocenters. The molecule has 2 nitrogen and oxygen atoms in total. The van der Waals surface area contributed by atoms with Gasteiger partial charge in [-0.1, -0.05) is 0 Å². The van der Waals surface area contributed by atoms with Crippen molar-refractivity contribution in [1.82, 2.24) is 0 Å². The number of hydrogen-bond acceptors (Lipinski definition) is 2. The minimum atomic E-state index is -0.0325. The average molecular weight is 153 g/mol. The quantitative estimate of drug-likeness (QED) is 0.596. The molecule has 1 N–H and O–H groups in total. The van der Waals surface area contributed by atoms with Crippen molar-refractivity contribution in [2.75, 3.05) is 19.8 Å². The van der Waals surface area contributed by atoms with Gasteiger partial charge >= 0.3 is 0 Å². The molecule has 3 heteroatoms. The normalized spacial score (nSPS) is 13.7. The van der Waals surface area contributed by atoms with Gasteiger partial charge in [-0.25, -0.2) is 0 Å². The molecule has 0 heterocycles. The summed E-state index contributed by atoms with van der Waals surface area (Å²) in [5.41, 5.74) is 0. The monoisotopic (exact) mass is 152 g/mol. The van der Waals surface area contributed by atoms with E-state index in [2.05, 4.69) is 0 Å². The number of aliphatic hydroxyl groups excluding tert-OH is 1. The maximum absolute atomic E-state index is 8.40. The van der Waals surface area contributed by atoms with Gasteiger partial charge in [0.2, 0.25) is 0 Å². The van der Waals surface area contributed by atoms with E-state index in [9.17, 15) is 0 Å². The van der Waals surface area contributed by atoms with Crippen molar-refractivity contribution < 1.29 is 9.84 Å². The minimum Gasteiger partial charge on any atom is -0.396 e. The first kappa shape index (κ1) is 9.21. The minimum absolute atomic E-state index is 0.0325. The van der Waals surface area contributed by atoms with Gasteiger partial charge < -0.3 is 9.84 Å². The molecule has 0 saturated carbocycles. The van der Waals surface area contributed by atoms with Crippen LogP contribution in [0.1, 0.15) is 13.3 Å². The van der Waals surface area contributed by atoms with Crippen molar-refractivity contribution >= 4 is 11.6 Å². The second kappa shape index (κ2) is 6.33. The molecule has 1 atom stereocenters. The Morgan fingerprint density at radius 2 is 2.33 bits per heavy atom. The van der Waals surface area contributed by atoms with E-state index in [1.807, 2.05) is 6.92 Å². The smallest absolute Gasteiger partial charge is 0.0630 e. The summed E-state index contributed by atoms with van der Waals surface area (Å²) in [7, 11) is 0. The zero-order chi connectivity index (χ0) is 7.11. The first-order valence-electron chi connectivity index (χ1n) is 3.14. The van der Waals surface area contributed by atoms with E-state index in [0.29, 0.717) is 19.6 Å². The van der Waals surface area contributed by atoms with Gasteiger partial charge in [0.1, 0.15) is 0 Å². The molecular weight excluding hydrogens is 140 g/mol. The molecule has 0 aromatic rings. The molecule has 0 fully saturated rings. The van der Waals surface area contributed by atoms with Crippen LogP contribution in [0.25, 0.3) is 0 Å². The van der Waals surface area contributed by atoms with Crippen LogP contribution < -0.4 is 0 Å². The van der Waals surface area contributed by atoms with E-state index in [-0.39, 0.29) is 12.0 Å². The standard InChI is InChI=1S/C6H13ClO2/c1-2-9-5-6(7)3-4-8/h6,8H,2-5H2,1H3. The van der Waals surface area contributed by atoms with Crippen LogP contribution in [0.5, 0.6) is 0 Å². The predicted octanol–water partition coefficient (Wildman–Crippen LogP) is 1.01. The van der Waals surface area contributed by atoms with E-state index in [0.717, 1.165) is 0 Å². The second-order valence-electron chi connectivity index (χ2n) is 1.77. The first-order valence-corrected chi connectivity index (χ1v) is 3.57. The van der Waals surface area contributed by atoms with Crippen LogP contribution in [0.3, 0.4) is 0 Å². The van der Waals surface area contributed by atoms with E-state index in [1.165, 1.54) is 0 Å². The highest BCUT2D eigenvalue weighted by Gasteiger charge is 2.01. The van der Waals surface area contributed by atoms with Gasteiger partial charge in [0, 0.05) is 13.2 Å². The van der Waals surface area contributed by atoms with E-state index >= 15 is 0 Å². The van der Waals surface area contributed by atoms with Crippen molar-refractivity contribution in [3.05, 3.63) is 0 Å². The van der Waals surface area contributed by atoms with Crippen molar-refractivity contribution in [3.8, 4) is 0 Å². The summed E-state index contributed by atoms with van der Waals surface area (Å²) in [6, 6.07) is 0. The van der Waals surface area contributed by atoms with Gasteiger partial charge in [-0.3, -0.25) is 0 Å². The Kier molecular flexibility index (Phi) is 6.48. The SMILES string of the molecule is CCOCC(Cl)CCO. The number of aliphatic hydroxyl groups is 1. The molecule has 0 aliphatic carbocycles. The zero-order valence-corrected chi connectivity index (χ0v) is 6.40. The lowest BCUT2D eigenvalue weighted by atomic mass is 10.3. The fourth-order valence-electron chi connectivity index (χ4n) is 0.469. The highest BCUT2D eigenvalue weighted by atomic mass is 35.5. The van der Waals surface area contributed by atoms with E-state index in [1.54, 1.807) is 0 Å². The molecular formula is C6H13ClO2. The summed E-state index contributed by atoms with van der Waals surface area (Å²) in [4.78, 5) is 0. The third-order valence-electron chi connectivity index (χ3n) is 0.945. The van der Waals surface area contributed by atoms with Crippen LogP contribution in [0.15, 0.2) is 0 Å². The van der Waals surface area contributed by atoms with Crippen LogP contribution >= 0.6 is 11.6 Å². The zero-order valence-electron chi connectivity index (χ0n) is 5.64. The molecule has 0 amide bonds. The van der Waals surface area contributed by atoms with Gasteiger partial charge in [0.05, 0.1) is 12.0 Å². The Hall–Kier alpha value is 0.210. The molecule has 0 aliphatic heterocycles. The summed E-state index contributed by atoms with van der Waals surface area (Å²) in [6.07, 6.45) is 0.613.